The van der Waals surface area contributed by atoms with Crippen LogP contribution in [0.15, 0.2) is 48.5 Å². The van der Waals surface area contributed by atoms with Crippen LogP contribution in [0.4, 0.5) is 18.9 Å². The van der Waals surface area contributed by atoms with Crippen molar-refractivity contribution in [2.45, 2.75) is 19.2 Å². The summed E-state index contributed by atoms with van der Waals surface area (Å²) in [5, 5.41) is 12.1. The lowest BCUT2D eigenvalue weighted by molar-refractivity contribution is -0.274. The molecule has 0 heterocycles. The van der Waals surface area contributed by atoms with E-state index < -0.39 is 36.3 Å². The molecule has 0 radical (unpaired) electrons. The Balaban J connectivity index is 2.06. The Labute approximate surface area is 157 Å². The Morgan fingerprint density at radius 1 is 1.07 bits per heavy atom. The molecule has 0 unspecified atom stereocenters. The van der Waals surface area contributed by atoms with E-state index in [9.17, 15) is 22.8 Å². The lowest BCUT2D eigenvalue weighted by atomic mass is 9.95. The van der Waals surface area contributed by atoms with Crippen LogP contribution in [0.3, 0.4) is 0 Å². The molecule has 0 aliphatic carbocycles. The van der Waals surface area contributed by atoms with Crippen molar-refractivity contribution in [2.24, 2.45) is 5.92 Å². The number of carboxylic acid groups (broad SMARTS) is 1. The zero-order valence-electron chi connectivity index (χ0n) is 13.8. The fourth-order valence-electron chi connectivity index (χ4n) is 2.36. The lowest BCUT2D eigenvalue weighted by Crippen LogP contribution is -2.27. The van der Waals surface area contributed by atoms with Crippen molar-refractivity contribution in [3.8, 4) is 5.75 Å². The SMILES string of the molecule is O=C(O)C[C@@H](Cc1ccc(Cl)cc1)C(=O)Nc1ccc(OC(F)(F)F)cc1. The Bertz CT molecular complexity index is 792. The first kappa shape index (κ1) is 20.6. The van der Waals surface area contributed by atoms with Crippen LogP contribution in [-0.2, 0) is 16.0 Å². The van der Waals surface area contributed by atoms with E-state index >= 15 is 0 Å². The molecule has 5 nitrogen and oxygen atoms in total. The zero-order valence-corrected chi connectivity index (χ0v) is 14.6. The predicted octanol–water partition coefficient (Wildman–Crippen LogP) is 4.51. The topological polar surface area (TPSA) is 75.6 Å². The third kappa shape index (κ3) is 7.18. The number of carboxylic acids is 1. The summed E-state index contributed by atoms with van der Waals surface area (Å²) in [7, 11) is 0. The number of carbonyl (C=O) groups excluding carboxylic acids is 1. The minimum Gasteiger partial charge on any atom is -0.481 e. The first-order valence-corrected chi connectivity index (χ1v) is 8.13. The van der Waals surface area contributed by atoms with E-state index in [1.807, 2.05) is 0 Å². The van der Waals surface area contributed by atoms with E-state index in [2.05, 4.69) is 10.1 Å². The molecule has 0 saturated heterocycles. The van der Waals surface area contributed by atoms with Gasteiger partial charge in [-0.05, 0) is 48.4 Å². The van der Waals surface area contributed by atoms with Crippen molar-refractivity contribution < 1.29 is 32.6 Å². The van der Waals surface area contributed by atoms with Crippen LogP contribution in [0.25, 0.3) is 0 Å². The van der Waals surface area contributed by atoms with Crippen molar-refractivity contribution in [1.29, 1.82) is 0 Å². The van der Waals surface area contributed by atoms with Gasteiger partial charge in [-0.25, -0.2) is 0 Å². The maximum Gasteiger partial charge on any atom is 0.573 e. The van der Waals surface area contributed by atoms with Crippen molar-refractivity contribution >= 4 is 29.2 Å². The number of aliphatic carboxylic acids is 1. The van der Waals surface area contributed by atoms with E-state index in [0.29, 0.717) is 5.02 Å². The number of halogens is 4. The molecule has 2 aromatic rings. The molecule has 0 saturated carbocycles. The summed E-state index contributed by atoms with van der Waals surface area (Å²) >= 11 is 5.80. The van der Waals surface area contributed by atoms with Gasteiger partial charge in [0.05, 0.1) is 12.3 Å². The van der Waals surface area contributed by atoms with Crippen molar-refractivity contribution in [2.75, 3.05) is 5.32 Å². The highest BCUT2D eigenvalue weighted by molar-refractivity contribution is 6.30. The van der Waals surface area contributed by atoms with E-state index in [1.165, 1.54) is 12.1 Å². The number of benzene rings is 2. The lowest BCUT2D eigenvalue weighted by Gasteiger charge is -2.16. The van der Waals surface area contributed by atoms with Crippen molar-refractivity contribution in [3.05, 3.63) is 59.1 Å². The number of hydrogen-bond donors (Lipinski definition) is 2. The Hall–Kier alpha value is -2.74. The van der Waals surface area contributed by atoms with E-state index in [0.717, 1.165) is 17.7 Å². The van der Waals surface area contributed by atoms with Gasteiger partial charge < -0.3 is 15.2 Å². The minimum absolute atomic E-state index is 0.171. The van der Waals surface area contributed by atoms with Gasteiger partial charge in [-0.2, -0.15) is 0 Å². The third-order valence-electron chi connectivity index (χ3n) is 3.54. The van der Waals surface area contributed by atoms with Gasteiger partial charge in [0.15, 0.2) is 0 Å². The quantitative estimate of drug-likeness (QED) is 0.715. The molecule has 0 aromatic heterocycles. The number of amides is 1. The van der Waals surface area contributed by atoms with Crippen LogP contribution in [0.5, 0.6) is 5.75 Å². The summed E-state index contributed by atoms with van der Waals surface area (Å²) in [4.78, 5) is 23.5. The van der Waals surface area contributed by atoms with Gasteiger partial charge in [-0.3, -0.25) is 9.59 Å². The van der Waals surface area contributed by atoms with Gasteiger partial charge in [0, 0.05) is 10.7 Å². The first-order chi connectivity index (χ1) is 12.6. The van der Waals surface area contributed by atoms with E-state index in [1.54, 1.807) is 24.3 Å². The molecule has 0 aliphatic heterocycles. The number of anilines is 1. The van der Waals surface area contributed by atoms with Gasteiger partial charge in [0.2, 0.25) is 5.91 Å². The van der Waals surface area contributed by atoms with Crippen LogP contribution in [0, 0.1) is 5.92 Å². The number of carbonyl (C=O) groups is 2. The second kappa shape index (κ2) is 8.77. The molecular weight excluding hydrogens is 387 g/mol. The van der Waals surface area contributed by atoms with Crippen LogP contribution < -0.4 is 10.1 Å². The molecule has 144 valence electrons. The fourth-order valence-corrected chi connectivity index (χ4v) is 2.48. The van der Waals surface area contributed by atoms with Crippen LogP contribution in [-0.4, -0.2) is 23.3 Å². The van der Waals surface area contributed by atoms with Gasteiger partial charge in [-0.15, -0.1) is 13.2 Å². The molecule has 0 fully saturated rings. The molecule has 1 amide bonds. The highest BCUT2D eigenvalue weighted by atomic mass is 35.5. The number of ether oxygens (including phenoxy) is 1. The maximum atomic E-state index is 12.4. The standard InChI is InChI=1S/C18H15ClF3NO4/c19-13-3-1-11(2-4-13)9-12(10-16(24)25)17(26)23-14-5-7-15(8-6-14)27-18(20,21)22/h1-8,12H,9-10H2,(H,23,26)(H,24,25)/t12-/m1/s1. The molecule has 0 aliphatic rings. The smallest absolute Gasteiger partial charge is 0.481 e. The summed E-state index contributed by atoms with van der Waals surface area (Å²) < 4.78 is 40.2. The van der Waals surface area contributed by atoms with E-state index in [-0.39, 0.29) is 12.1 Å². The molecule has 9 heteroatoms. The van der Waals surface area contributed by atoms with E-state index in [4.69, 9.17) is 16.7 Å². The average molecular weight is 402 g/mol. The van der Waals surface area contributed by atoms with Gasteiger partial charge in [0.1, 0.15) is 5.75 Å². The first-order valence-electron chi connectivity index (χ1n) is 7.75. The monoisotopic (exact) mass is 401 g/mol. The van der Waals surface area contributed by atoms with Crippen molar-refractivity contribution in [1.82, 2.24) is 0 Å². The number of nitrogens with one attached hydrogen (secondary N) is 1. The molecule has 2 aromatic carbocycles. The predicted molar refractivity (Wildman–Crippen MR) is 92.7 cm³/mol. The molecule has 2 rings (SSSR count). The Morgan fingerprint density at radius 3 is 2.19 bits per heavy atom. The minimum atomic E-state index is -4.81. The average Bonchev–Trinajstić information content (AvgIpc) is 2.56. The molecule has 2 N–H and O–H groups in total. The summed E-state index contributed by atoms with van der Waals surface area (Å²) in [6, 6.07) is 11.2. The molecule has 27 heavy (non-hydrogen) atoms. The second-order valence-electron chi connectivity index (χ2n) is 5.69. The summed E-state index contributed by atoms with van der Waals surface area (Å²) in [5.74, 6) is -2.99. The number of alkyl halides is 3. The van der Waals surface area contributed by atoms with Crippen molar-refractivity contribution in [3.63, 3.8) is 0 Å². The second-order valence-corrected chi connectivity index (χ2v) is 6.12. The highest BCUT2D eigenvalue weighted by Gasteiger charge is 2.31. The molecular formula is C18H15ClF3NO4. The Morgan fingerprint density at radius 2 is 1.67 bits per heavy atom. The van der Waals surface area contributed by atoms with Crippen LogP contribution >= 0.6 is 11.6 Å². The Kier molecular flexibility index (Phi) is 6.68. The summed E-state index contributed by atoms with van der Waals surface area (Å²) in [6.45, 7) is 0. The highest BCUT2D eigenvalue weighted by Crippen LogP contribution is 2.24. The third-order valence-corrected chi connectivity index (χ3v) is 3.79. The largest absolute Gasteiger partial charge is 0.573 e. The van der Waals surface area contributed by atoms with Gasteiger partial charge in [0.25, 0.3) is 0 Å². The summed E-state index contributed by atoms with van der Waals surface area (Å²) in [6.07, 6.45) is -5.04. The number of rotatable bonds is 7. The summed E-state index contributed by atoms with van der Waals surface area (Å²) in [5.41, 5.74) is 0.954. The van der Waals surface area contributed by atoms with Crippen LogP contribution in [0.2, 0.25) is 5.02 Å². The van der Waals surface area contributed by atoms with Crippen LogP contribution in [0.1, 0.15) is 12.0 Å². The van der Waals surface area contributed by atoms with Gasteiger partial charge >= 0.3 is 12.3 Å². The molecule has 0 bridgehead atoms. The zero-order chi connectivity index (χ0) is 20.0. The molecule has 1 atom stereocenters. The normalized spacial score (nSPS) is 12.3. The van der Waals surface area contributed by atoms with Gasteiger partial charge in [-0.1, -0.05) is 23.7 Å². The fraction of sp³-hybridized carbons (Fsp3) is 0.222. The molecule has 0 spiro atoms. The number of hydrogen-bond acceptors (Lipinski definition) is 3. The maximum absolute atomic E-state index is 12.4.